The lowest BCUT2D eigenvalue weighted by molar-refractivity contribution is -0.00100. The average molecular weight is 1080 g/mol. The van der Waals surface area contributed by atoms with Crippen LogP contribution < -0.4 is 34.3 Å². The molecule has 0 radical (unpaired) electrons. The largest absolute Gasteiger partial charge is 1.00 e. The number of phenols is 8. The number of carbonyl (C=O) groups is 4. The summed E-state index contributed by atoms with van der Waals surface area (Å²) in [5.74, 6) is -0.453. The highest BCUT2D eigenvalue weighted by Crippen LogP contribution is 2.36. The van der Waals surface area contributed by atoms with Crippen molar-refractivity contribution in [2.75, 3.05) is 0 Å². The minimum absolute atomic E-state index is 0. The van der Waals surface area contributed by atoms with Gasteiger partial charge < -0.3 is 75.1 Å². The molecule has 0 spiro atoms. The molecule has 2 aromatic heterocycles. The Morgan fingerprint density at radius 2 is 0.792 bits per heavy atom. The molecule has 0 atom stereocenters. The number of aldehydes is 1. The van der Waals surface area contributed by atoms with Crippen LogP contribution in [0.5, 0.6) is 57.5 Å². The number of Topliss-reactive ketones (excluding diaryl/α,β-unsaturated/α-hetero) is 1. The van der Waals surface area contributed by atoms with Gasteiger partial charge in [-0.3, -0.25) is 9.59 Å². The third-order valence-electron chi connectivity index (χ3n) is 10.7. The average Bonchev–Trinajstić information content (AvgIpc) is 3.40. The second-order valence-corrected chi connectivity index (χ2v) is 16.0. The Hall–Kier alpha value is -10.2. The van der Waals surface area contributed by atoms with Gasteiger partial charge in [0, 0.05) is 42.0 Å². The number of ether oxygens (including phenoxy) is 2. The van der Waals surface area contributed by atoms with Crippen LogP contribution in [0, 0.1) is 0 Å². The van der Waals surface area contributed by atoms with E-state index in [0.717, 1.165) is 23.3 Å². The van der Waals surface area contributed by atoms with Crippen molar-refractivity contribution >= 4 is 45.9 Å². The summed E-state index contributed by atoms with van der Waals surface area (Å²) in [5, 5.41) is 76.5. The number of aromatic hydroxyl groups is 8. The SMILES string of the molecule is CC(=O)c1ccc(O)cc1.O=C(Oc1cc(O)cc2[o+]c(-c3ccc(O)cc3)ccc12)c1ccccc1.O=Cc1c(O)cc(O)cc1OC(=O)c1ccccc1.Oc1ccc(-c2ccc3c(O)cc(O)cc3[o+]2)cc1.[Cl-].[Cl-]. The molecule has 8 N–H and O–H groups in total. The Balaban J connectivity index is 0.000000197. The van der Waals surface area contributed by atoms with Crippen molar-refractivity contribution in [3.63, 3.8) is 0 Å². The molecular weight excluding hydrogens is 1040 g/mol. The van der Waals surface area contributed by atoms with E-state index in [4.69, 9.17) is 23.4 Å². The van der Waals surface area contributed by atoms with Crippen molar-refractivity contribution in [3.05, 3.63) is 216 Å². The van der Waals surface area contributed by atoms with Gasteiger partial charge in [0.1, 0.15) is 62.5 Å². The lowest BCUT2D eigenvalue weighted by atomic mass is 10.1. The maximum absolute atomic E-state index is 12.3. The summed E-state index contributed by atoms with van der Waals surface area (Å²) >= 11 is 0. The Morgan fingerprint density at radius 1 is 0.403 bits per heavy atom. The second-order valence-electron chi connectivity index (χ2n) is 16.0. The summed E-state index contributed by atoms with van der Waals surface area (Å²) in [6.07, 6.45) is 0.350. The Labute approximate surface area is 450 Å². The van der Waals surface area contributed by atoms with Crippen molar-refractivity contribution in [2.24, 2.45) is 0 Å². The highest BCUT2D eigenvalue weighted by atomic mass is 35.5. The number of esters is 2. The molecule has 10 rings (SSSR count). The second kappa shape index (κ2) is 26.7. The van der Waals surface area contributed by atoms with E-state index < -0.39 is 17.7 Å². The number of hydrogen-bond acceptors (Lipinski definition) is 14. The van der Waals surface area contributed by atoms with E-state index in [2.05, 4.69) is 0 Å². The zero-order valence-corrected chi connectivity index (χ0v) is 41.7. The van der Waals surface area contributed by atoms with Crippen LogP contribution in [-0.2, 0) is 0 Å². The molecule has 0 aliphatic carbocycles. The van der Waals surface area contributed by atoms with Gasteiger partial charge in [0.15, 0.2) is 17.8 Å². The number of hydrogen-bond donors (Lipinski definition) is 8. The van der Waals surface area contributed by atoms with Gasteiger partial charge in [0.05, 0.1) is 39.9 Å². The minimum Gasteiger partial charge on any atom is -1.00 e. The molecule has 0 amide bonds. The fraction of sp³-hybridized carbons (Fsp3) is 0.0169. The van der Waals surface area contributed by atoms with Gasteiger partial charge in [-0.2, -0.15) is 0 Å². The lowest BCUT2D eigenvalue weighted by Gasteiger charge is -2.08. The van der Waals surface area contributed by atoms with Gasteiger partial charge >= 0.3 is 34.6 Å². The number of halogens is 2. The van der Waals surface area contributed by atoms with Gasteiger partial charge in [0.2, 0.25) is 0 Å². The number of ketones is 1. The molecule has 10 aromatic rings. The minimum atomic E-state index is -0.686. The molecule has 2 heterocycles. The van der Waals surface area contributed by atoms with E-state index >= 15 is 0 Å². The van der Waals surface area contributed by atoms with Crippen LogP contribution in [0.3, 0.4) is 0 Å². The molecule has 0 saturated heterocycles. The molecule has 18 heteroatoms. The first kappa shape index (κ1) is 57.7. The van der Waals surface area contributed by atoms with E-state index in [9.17, 15) is 54.9 Å². The standard InChI is InChI=1S/C22H14O5.C15H10O4.C14H10O5.C8H8O2.2ClH/c23-16-8-6-14(7-9-16)19-11-10-18-20(26-19)12-17(24)13-21(18)27-22(25)15-4-2-1-3-5-15;16-10-3-1-9(2-4-10)14-6-5-12-13(18)7-11(17)8-15(12)19-14;15-8-11-12(17)6-10(16)7-13(11)19-14(18)9-4-2-1-3-5-9;1-6(9)7-2-4-8(10)5-3-7;;/h1-13H,(H-,23,24);1-8H,(H2-,16,17,18);1-8,16-17H;2-5,10H,1H3;2*1H. The number of benzene rings is 8. The van der Waals surface area contributed by atoms with Gasteiger partial charge in [-0.25, -0.2) is 18.4 Å². The molecule has 8 aromatic carbocycles. The van der Waals surface area contributed by atoms with Crippen molar-refractivity contribution in [1.29, 1.82) is 0 Å². The molecule has 0 aliphatic rings. The van der Waals surface area contributed by atoms with E-state index in [1.54, 1.807) is 140 Å². The molecule has 0 saturated carbocycles. The van der Waals surface area contributed by atoms with Crippen molar-refractivity contribution < 1.29 is 103 Å². The summed E-state index contributed by atoms with van der Waals surface area (Å²) in [7, 11) is 0. The highest BCUT2D eigenvalue weighted by Gasteiger charge is 2.22. The Kier molecular flexibility index (Phi) is 20.0. The number of carbonyl (C=O) groups excluding carboxylic acids is 4. The van der Waals surface area contributed by atoms with Crippen LogP contribution in [0.1, 0.15) is 48.4 Å². The Bertz CT molecular complexity index is 3650. The van der Waals surface area contributed by atoms with E-state index in [0.29, 0.717) is 56.4 Å². The first-order valence-electron chi connectivity index (χ1n) is 22.4. The predicted octanol–water partition coefficient (Wildman–Crippen LogP) is 6.24. The number of rotatable bonds is 8. The Morgan fingerprint density at radius 3 is 1.26 bits per heavy atom. The first-order chi connectivity index (χ1) is 36.0. The number of fused-ring (bicyclic) bond motifs is 2. The summed E-state index contributed by atoms with van der Waals surface area (Å²) in [6.45, 7) is 1.49. The zero-order chi connectivity index (χ0) is 53.6. The quantitative estimate of drug-likeness (QED) is 0.0275. The fourth-order valence-electron chi connectivity index (χ4n) is 6.92. The fourth-order valence-corrected chi connectivity index (χ4v) is 6.92. The normalized spacial score (nSPS) is 10.0. The van der Waals surface area contributed by atoms with Gasteiger partial charge in [-0.1, -0.05) is 36.4 Å². The molecule has 0 fully saturated rings. The molecule has 16 nitrogen and oxygen atoms in total. The van der Waals surface area contributed by atoms with E-state index in [1.807, 2.05) is 6.07 Å². The zero-order valence-electron chi connectivity index (χ0n) is 40.2. The van der Waals surface area contributed by atoms with E-state index in [1.165, 1.54) is 43.3 Å². The van der Waals surface area contributed by atoms with E-state index in [-0.39, 0.29) is 87.9 Å². The first-order valence-corrected chi connectivity index (χ1v) is 22.4. The van der Waals surface area contributed by atoms with Crippen LogP contribution in [0.2, 0.25) is 0 Å². The predicted molar refractivity (Wildman–Crippen MR) is 277 cm³/mol. The maximum Gasteiger partial charge on any atom is 0.368 e. The van der Waals surface area contributed by atoms with Gasteiger partial charge in [0.25, 0.3) is 0 Å². The maximum atomic E-state index is 12.3. The van der Waals surface area contributed by atoms with Gasteiger partial charge in [-0.15, -0.1) is 0 Å². The molecule has 0 unspecified atom stereocenters. The van der Waals surface area contributed by atoms with Crippen LogP contribution in [0.4, 0.5) is 0 Å². The summed E-state index contributed by atoms with van der Waals surface area (Å²) in [4.78, 5) is 45.7. The highest BCUT2D eigenvalue weighted by molar-refractivity contribution is 5.96. The third-order valence-corrected chi connectivity index (χ3v) is 10.7. The summed E-state index contributed by atoms with van der Waals surface area (Å²) in [6, 6.07) is 50.7. The van der Waals surface area contributed by atoms with Crippen LogP contribution >= 0.6 is 0 Å². The van der Waals surface area contributed by atoms with Crippen molar-refractivity contribution in [1.82, 2.24) is 0 Å². The third kappa shape index (κ3) is 15.4. The van der Waals surface area contributed by atoms with Crippen molar-refractivity contribution in [3.8, 4) is 80.1 Å². The summed E-state index contributed by atoms with van der Waals surface area (Å²) < 4.78 is 22.0. The van der Waals surface area contributed by atoms with Gasteiger partial charge in [-0.05, 0) is 116 Å². The van der Waals surface area contributed by atoms with Crippen LogP contribution in [0.25, 0.3) is 44.6 Å². The van der Waals surface area contributed by atoms with Crippen LogP contribution in [-0.4, -0.2) is 64.9 Å². The molecular formula is C59H44Cl2O16. The summed E-state index contributed by atoms with van der Waals surface area (Å²) in [5.41, 5.74) is 3.46. The number of phenolic OH excluding ortho intramolecular Hbond substituents is 8. The topological polar surface area (TPSA) is 271 Å². The lowest BCUT2D eigenvalue weighted by Crippen LogP contribution is -3.00. The molecule has 77 heavy (non-hydrogen) atoms. The molecule has 0 bridgehead atoms. The molecule has 390 valence electrons. The monoisotopic (exact) mass is 1080 g/mol. The van der Waals surface area contributed by atoms with Crippen LogP contribution in [0.15, 0.2) is 203 Å². The molecule has 0 aliphatic heterocycles. The van der Waals surface area contributed by atoms with Crippen molar-refractivity contribution in [2.45, 2.75) is 6.92 Å². The smallest absolute Gasteiger partial charge is 0.368 e.